The third-order valence-electron chi connectivity index (χ3n) is 3.18. The van der Waals surface area contributed by atoms with Crippen LogP contribution in [0.1, 0.15) is 47.0 Å². The SMILES string of the molecule is CC(C)C(C(C)C)N1CCCCC1. The Labute approximate surface area is 83.5 Å². The second kappa shape index (κ2) is 4.99. The molecule has 0 N–H and O–H groups in total. The summed E-state index contributed by atoms with van der Waals surface area (Å²) in [5.74, 6) is 1.61. The Morgan fingerprint density at radius 2 is 1.23 bits per heavy atom. The fraction of sp³-hybridized carbons (Fsp3) is 1.00. The van der Waals surface area contributed by atoms with Crippen molar-refractivity contribution in [1.82, 2.24) is 4.90 Å². The largest absolute Gasteiger partial charge is 0.300 e. The Morgan fingerprint density at radius 3 is 1.62 bits per heavy atom. The van der Waals surface area contributed by atoms with E-state index in [4.69, 9.17) is 0 Å². The Bertz CT molecular complexity index is 126. The van der Waals surface area contributed by atoms with Crippen molar-refractivity contribution in [2.24, 2.45) is 11.8 Å². The van der Waals surface area contributed by atoms with E-state index in [1.807, 2.05) is 0 Å². The quantitative estimate of drug-likeness (QED) is 0.649. The standard InChI is InChI=1S/C12H25N/c1-10(2)12(11(3)4)13-8-6-5-7-9-13/h10-12H,5-9H2,1-4H3. The Hall–Kier alpha value is -0.0400. The maximum atomic E-state index is 2.71. The van der Waals surface area contributed by atoms with Gasteiger partial charge in [-0.2, -0.15) is 0 Å². The Kier molecular flexibility index (Phi) is 4.24. The van der Waals surface area contributed by atoms with Crippen LogP contribution in [0.4, 0.5) is 0 Å². The molecule has 1 heteroatoms. The highest BCUT2D eigenvalue weighted by Crippen LogP contribution is 2.22. The number of likely N-dealkylation sites (tertiary alicyclic amines) is 1. The van der Waals surface area contributed by atoms with Gasteiger partial charge in [0, 0.05) is 6.04 Å². The molecule has 0 saturated carbocycles. The molecular formula is C12H25N. The molecule has 1 aliphatic rings. The van der Waals surface area contributed by atoms with E-state index in [0.29, 0.717) is 0 Å². The van der Waals surface area contributed by atoms with E-state index in [-0.39, 0.29) is 0 Å². The van der Waals surface area contributed by atoms with Gasteiger partial charge in [0.1, 0.15) is 0 Å². The molecule has 0 aromatic carbocycles. The lowest BCUT2D eigenvalue weighted by Crippen LogP contribution is -2.45. The summed E-state index contributed by atoms with van der Waals surface area (Å²) >= 11 is 0. The third-order valence-corrected chi connectivity index (χ3v) is 3.18. The minimum atomic E-state index is 0.804. The maximum absolute atomic E-state index is 2.71. The smallest absolute Gasteiger partial charge is 0.0141 e. The van der Waals surface area contributed by atoms with Crippen molar-refractivity contribution in [1.29, 1.82) is 0 Å². The summed E-state index contributed by atoms with van der Waals surface area (Å²) in [6.07, 6.45) is 4.27. The average molecular weight is 183 g/mol. The molecule has 0 aliphatic carbocycles. The van der Waals surface area contributed by atoms with Crippen LogP contribution in [0, 0.1) is 11.8 Å². The van der Waals surface area contributed by atoms with E-state index in [9.17, 15) is 0 Å². The fourth-order valence-corrected chi connectivity index (χ4v) is 2.83. The van der Waals surface area contributed by atoms with Gasteiger partial charge in [-0.1, -0.05) is 34.1 Å². The highest BCUT2D eigenvalue weighted by molar-refractivity contribution is 4.79. The van der Waals surface area contributed by atoms with Crippen LogP contribution in [-0.2, 0) is 0 Å². The minimum absolute atomic E-state index is 0.804. The topological polar surface area (TPSA) is 3.24 Å². The molecular weight excluding hydrogens is 158 g/mol. The summed E-state index contributed by atoms with van der Waals surface area (Å²) in [6, 6.07) is 0.806. The molecule has 1 nitrogen and oxygen atoms in total. The van der Waals surface area contributed by atoms with Crippen LogP contribution in [-0.4, -0.2) is 24.0 Å². The molecule has 0 aromatic heterocycles. The van der Waals surface area contributed by atoms with E-state index < -0.39 is 0 Å². The monoisotopic (exact) mass is 183 g/mol. The van der Waals surface area contributed by atoms with Crippen molar-refractivity contribution >= 4 is 0 Å². The van der Waals surface area contributed by atoms with Crippen molar-refractivity contribution in [2.75, 3.05) is 13.1 Å². The summed E-state index contributed by atoms with van der Waals surface area (Å²) in [4.78, 5) is 2.71. The van der Waals surface area contributed by atoms with E-state index >= 15 is 0 Å². The maximum Gasteiger partial charge on any atom is 0.0141 e. The first kappa shape index (κ1) is 11.0. The van der Waals surface area contributed by atoms with Crippen LogP contribution in [0.25, 0.3) is 0 Å². The molecule has 1 aliphatic heterocycles. The van der Waals surface area contributed by atoms with E-state index in [1.54, 1.807) is 0 Å². The second-order valence-corrected chi connectivity index (χ2v) is 5.08. The van der Waals surface area contributed by atoms with Crippen molar-refractivity contribution in [3.05, 3.63) is 0 Å². The van der Waals surface area contributed by atoms with Crippen LogP contribution < -0.4 is 0 Å². The molecule has 1 rings (SSSR count). The predicted octanol–water partition coefficient (Wildman–Crippen LogP) is 3.15. The van der Waals surface area contributed by atoms with Gasteiger partial charge < -0.3 is 0 Å². The molecule has 0 aromatic rings. The Balaban J connectivity index is 2.52. The molecule has 1 saturated heterocycles. The zero-order valence-corrected chi connectivity index (χ0v) is 9.71. The van der Waals surface area contributed by atoms with Gasteiger partial charge in [0.05, 0.1) is 0 Å². The number of nitrogens with zero attached hydrogens (tertiary/aromatic N) is 1. The van der Waals surface area contributed by atoms with Gasteiger partial charge in [-0.3, -0.25) is 4.90 Å². The lowest BCUT2D eigenvalue weighted by molar-refractivity contribution is 0.0937. The molecule has 0 spiro atoms. The molecule has 0 amide bonds. The van der Waals surface area contributed by atoms with Crippen LogP contribution in [0.5, 0.6) is 0 Å². The van der Waals surface area contributed by atoms with Crippen LogP contribution >= 0.6 is 0 Å². The first-order valence-corrected chi connectivity index (χ1v) is 5.87. The highest BCUT2D eigenvalue weighted by Gasteiger charge is 2.25. The third kappa shape index (κ3) is 2.98. The normalized spacial score (nSPS) is 20.5. The van der Waals surface area contributed by atoms with Crippen molar-refractivity contribution in [2.45, 2.75) is 53.0 Å². The van der Waals surface area contributed by atoms with Crippen LogP contribution in [0.2, 0.25) is 0 Å². The molecule has 1 heterocycles. The van der Waals surface area contributed by atoms with Gasteiger partial charge in [-0.05, 0) is 37.8 Å². The number of rotatable bonds is 3. The van der Waals surface area contributed by atoms with Crippen LogP contribution in [0.3, 0.4) is 0 Å². The average Bonchev–Trinajstić information content (AvgIpc) is 2.04. The van der Waals surface area contributed by atoms with Crippen molar-refractivity contribution in [3.63, 3.8) is 0 Å². The number of hydrogen-bond acceptors (Lipinski definition) is 1. The minimum Gasteiger partial charge on any atom is -0.300 e. The first-order valence-electron chi connectivity index (χ1n) is 5.87. The summed E-state index contributed by atoms with van der Waals surface area (Å²) in [6.45, 7) is 12.1. The fourth-order valence-electron chi connectivity index (χ4n) is 2.83. The second-order valence-electron chi connectivity index (χ2n) is 5.08. The lowest BCUT2D eigenvalue weighted by Gasteiger charge is -2.39. The molecule has 13 heavy (non-hydrogen) atoms. The zero-order chi connectivity index (χ0) is 9.84. The molecule has 0 bridgehead atoms. The lowest BCUT2D eigenvalue weighted by atomic mass is 9.90. The summed E-state index contributed by atoms with van der Waals surface area (Å²) in [5.41, 5.74) is 0. The van der Waals surface area contributed by atoms with Gasteiger partial charge >= 0.3 is 0 Å². The molecule has 78 valence electrons. The van der Waals surface area contributed by atoms with Gasteiger partial charge in [-0.15, -0.1) is 0 Å². The summed E-state index contributed by atoms with van der Waals surface area (Å²) in [5, 5.41) is 0. The Morgan fingerprint density at radius 1 is 0.769 bits per heavy atom. The summed E-state index contributed by atoms with van der Waals surface area (Å²) < 4.78 is 0. The van der Waals surface area contributed by atoms with Gasteiger partial charge in [0.25, 0.3) is 0 Å². The van der Waals surface area contributed by atoms with E-state index in [0.717, 1.165) is 17.9 Å². The summed E-state index contributed by atoms with van der Waals surface area (Å²) in [7, 11) is 0. The van der Waals surface area contributed by atoms with Gasteiger partial charge in [-0.25, -0.2) is 0 Å². The highest BCUT2D eigenvalue weighted by atomic mass is 15.2. The number of piperidine rings is 1. The van der Waals surface area contributed by atoms with Crippen molar-refractivity contribution in [3.8, 4) is 0 Å². The molecule has 1 fully saturated rings. The van der Waals surface area contributed by atoms with Crippen molar-refractivity contribution < 1.29 is 0 Å². The van der Waals surface area contributed by atoms with E-state index in [2.05, 4.69) is 32.6 Å². The molecule has 0 radical (unpaired) electrons. The molecule has 0 atom stereocenters. The van der Waals surface area contributed by atoms with Gasteiger partial charge in [0.2, 0.25) is 0 Å². The predicted molar refractivity (Wildman–Crippen MR) is 58.9 cm³/mol. The van der Waals surface area contributed by atoms with E-state index in [1.165, 1.54) is 32.4 Å². The van der Waals surface area contributed by atoms with Gasteiger partial charge in [0.15, 0.2) is 0 Å². The van der Waals surface area contributed by atoms with Crippen LogP contribution in [0.15, 0.2) is 0 Å². The molecule has 0 unspecified atom stereocenters. The zero-order valence-electron chi connectivity index (χ0n) is 9.71. The number of hydrogen-bond donors (Lipinski definition) is 0. The first-order chi connectivity index (χ1) is 6.13.